The van der Waals surface area contributed by atoms with Gasteiger partial charge in [0, 0.05) is 17.5 Å². The summed E-state index contributed by atoms with van der Waals surface area (Å²) in [5, 5.41) is 7.07. The molecule has 0 N–H and O–H groups in total. The van der Waals surface area contributed by atoms with Crippen molar-refractivity contribution >= 4 is 5.71 Å². The van der Waals surface area contributed by atoms with Crippen LogP contribution >= 0.6 is 0 Å². The molecule has 2 aliphatic heterocycles. The fourth-order valence-electron chi connectivity index (χ4n) is 4.09. The average molecular weight is 386 g/mol. The first-order valence-electron chi connectivity index (χ1n) is 9.67. The molecule has 0 radical (unpaired) electrons. The standard InChI is InChI=1S/C24H22N2O3/c1-27-17-9-7-8-16(14-17)20-15-21-18-10-3-6-13-23(18)29-24(26(21)25-20)19-11-4-5-12-22(19)28-2/h3-14,21,24H,15H2,1-2H3/t21-,24-/m0/s1. The Balaban J connectivity index is 1.61. The van der Waals surface area contributed by atoms with Crippen molar-refractivity contribution in [1.82, 2.24) is 5.01 Å². The van der Waals surface area contributed by atoms with Crippen molar-refractivity contribution in [2.75, 3.05) is 14.2 Å². The van der Waals surface area contributed by atoms with Crippen LogP contribution in [0.4, 0.5) is 0 Å². The maximum Gasteiger partial charge on any atom is 0.217 e. The zero-order valence-electron chi connectivity index (χ0n) is 16.4. The number of benzene rings is 3. The summed E-state index contributed by atoms with van der Waals surface area (Å²) >= 11 is 0. The normalized spacial score (nSPS) is 19.7. The van der Waals surface area contributed by atoms with E-state index < -0.39 is 0 Å². The van der Waals surface area contributed by atoms with Gasteiger partial charge in [-0.3, -0.25) is 0 Å². The molecule has 2 aliphatic rings. The summed E-state index contributed by atoms with van der Waals surface area (Å²) in [7, 11) is 3.36. The molecule has 5 heteroatoms. The molecule has 0 unspecified atom stereocenters. The lowest BCUT2D eigenvalue weighted by Crippen LogP contribution is -2.33. The van der Waals surface area contributed by atoms with Crippen molar-refractivity contribution in [3.8, 4) is 17.2 Å². The highest BCUT2D eigenvalue weighted by Crippen LogP contribution is 2.48. The minimum Gasteiger partial charge on any atom is -0.497 e. The molecule has 0 amide bonds. The Morgan fingerprint density at radius 2 is 1.69 bits per heavy atom. The summed E-state index contributed by atoms with van der Waals surface area (Å²) < 4.78 is 17.4. The first-order valence-corrected chi connectivity index (χ1v) is 9.67. The summed E-state index contributed by atoms with van der Waals surface area (Å²) in [5.74, 6) is 2.51. The van der Waals surface area contributed by atoms with E-state index in [9.17, 15) is 0 Å². The molecule has 146 valence electrons. The Labute approximate surface area is 170 Å². The molecule has 3 aromatic rings. The number of ether oxygens (including phenoxy) is 3. The Bertz CT molecular complexity index is 1080. The van der Waals surface area contributed by atoms with Crippen LogP contribution in [0.2, 0.25) is 0 Å². The maximum atomic E-state index is 6.42. The van der Waals surface area contributed by atoms with Crippen LogP contribution in [0, 0.1) is 0 Å². The molecular weight excluding hydrogens is 364 g/mol. The predicted octanol–water partition coefficient (Wildman–Crippen LogP) is 4.95. The third kappa shape index (κ3) is 2.99. The van der Waals surface area contributed by atoms with Gasteiger partial charge in [-0.25, -0.2) is 5.01 Å². The van der Waals surface area contributed by atoms with Crippen LogP contribution < -0.4 is 14.2 Å². The number of hydrogen-bond donors (Lipinski definition) is 0. The maximum absolute atomic E-state index is 6.42. The highest BCUT2D eigenvalue weighted by Gasteiger charge is 2.41. The van der Waals surface area contributed by atoms with Crippen molar-refractivity contribution in [2.24, 2.45) is 5.10 Å². The van der Waals surface area contributed by atoms with Crippen LogP contribution in [0.3, 0.4) is 0 Å². The number of rotatable bonds is 4. The second-order valence-corrected chi connectivity index (χ2v) is 7.13. The molecule has 0 saturated carbocycles. The van der Waals surface area contributed by atoms with Gasteiger partial charge in [-0.05, 0) is 30.3 Å². The van der Waals surface area contributed by atoms with Gasteiger partial charge in [0.1, 0.15) is 17.2 Å². The molecule has 0 bridgehead atoms. The highest BCUT2D eigenvalue weighted by molar-refractivity contribution is 6.02. The fourth-order valence-corrected chi connectivity index (χ4v) is 4.09. The van der Waals surface area contributed by atoms with Gasteiger partial charge in [0.2, 0.25) is 6.23 Å². The third-order valence-electron chi connectivity index (χ3n) is 5.51. The predicted molar refractivity (Wildman–Crippen MR) is 112 cm³/mol. The molecule has 2 heterocycles. The third-order valence-corrected chi connectivity index (χ3v) is 5.51. The van der Waals surface area contributed by atoms with Crippen LogP contribution in [-0.2, 0) is 0 Å². The molecule has 0 aromatic heterocycles. The molecular formula is C24H22N2O3. The van der Waals surface area contributed by atoms with E-state index in [4.69, 9.17) is 19.3 Å². The van der Waals surface area contributed by atoms with E-state index in [0.717, 1.165) is 46.1 Å². The Kier molecular flexibility index (Phi) is 4.35. The molecule has 5 nitrogen and oxygen atoms in total. The van der Waals surface area contributed by atoms with E-state index >= 15 is 0 Å². The second-order valence-electron chi connectivity index (χ2n) is 7.13. The average Bonchev–Trinajstić information content (AvgIpc) is 3.24. The van der Waals surface area contributed by atoms with E-state index in [-0.39, 0.29) is 12.3 Å². The van der Waals surface area contributed by atoms with E-state index in [1.807, 2.05) is 60.7 Å². The minimum atomic E-state index is -0.353. The van der Waals surface area contributed by atoms with Gasteiger partial charge in [0.05, 0.1) is 31.5 Å². The fraction of sp³-hybridized carbons (Fsp3) is 0.208. The molecule has 5 rings (SSSR count). The first-order chi connectivity index (χ1) is 14.3. The smallest absolute Gasteiger partial charge is 0.217 e. The lowest BCUT2D eigenvalue weighted by molar-refractivity contribution is -0.0203. The lowest BCUT2D eigenvalue weighted by atomic mass is 9.96. The van der Waals surface area contributed by atoms with Gasteiger partial charge >= 0.3 is 0 Å². The number of nitrogens with zero attached hydrogens (tertiary/aromatic N) is 2. The van der Waals surface area contributed by atoms with Gasteiger partial charge in [-0.15, -0.1) is 0 Å². The summed E-state index contributed by atoms with van der Waals surface area (Å²) in [5.41, 5.74) is 4.20. The molecule has 2 atom stereocenters. The Morgan fingerprint density at radius 1 is 0.897 bits per heavy atom. The summed E-state index contributed by atoms with van der Waals surface area (Å²) in [6.45, 7) is 0. The number of hydrogen-bond acceptors (Lipinski definition) is 5. The SMILES string of the molecule is COc1cccc(C2=NN3[C@@H](C2)c2ccccc2O[C@H]3c2ccccc2OC)c1. The number of hydrazone groups is 1. The van der Waals surface area contributed by atoms with Crippen molar-refractivity contribution < 1.29 is 14.2 Å². The van der Waals surface area contributed by atoms with E-state index in [1.165, 1.54) is 0 Å². The van der Waals surface area contributed by atoms with Gasteiger partial charge < -0.3 is 14.2 Å². The molecule has 29 heavy (non-hydrogen) atoms. The molecule has 3 aromatic carbocycles. The second kappa shape index (κ2) is 7.17. The monoisotopic (exact) mass is 386 g/mol. The molecule has 0 spiro atoms. The van der Waals surface area contributed by atoms with Crippen LogP contribution in [0.1, 0.15) is 35.4 Å². The van der Waals surface area contributed by atoms with Gasteiger partial charge in [-0.1, -0.05) is 42.5 Å². The van der Waals surface area contributed by atoms with Crippen molar-refractivity contribution in [3.63, 3.8) is 0 Å². The number of para-hydroxylation sites is 2. The van der Waals surface area contributed by atoms with Crippen LogP contribution in [0.15, 0.2) is 77.9 Å². The Hall–Kier alpha value is -3.47. The van der Waals surface area contributed by atoms with Crippen molar-refractivity contribution in [2.45, 2.75) is 18.7 Å². The topological polar surface area (TPSA) is 43.3 Å². The first kappa shape index (κ1) is 17.6. The summed E-state index contributed by atoms with van der Waals surface area (Å²) in [4.78, 5) is 0. The summed E-state index contributed by atoms with van der Waals surface area (Å²) in [6.07, 6.45) is 0.452. The summed E-state index contributed by atoms with van der Waals surface area (Å²) in [6, 6.07) is 24.3. The zero-order valence-corrected chi connectivity index (χ0v) is 16.4. The molecule has 0 saturated heterocycles. The van der Waals surface area contributed by atoms with Crippen molar-refractivity contribution in [1.29, 1.82) is 0 Å². The molecule has 0 aliphatic carbocycles. The van der Waals surface area contributed by atoms with Gasteiger partial charge in [0.25, 0.3) is 0 Å². The van der Waals surface area contributed by atoms with Crippen molar-refractivity contribution in [3.05, 3.63) is 89.5 Å². The number of fused-ring (bicyclic) bond motifs is 3. The van der Waals surface area contributed by atoms with Crippen LogP contribution in [0.5, 0.6) is 17.2 Å². The van der Waals surface area contributed by atoms with Gasteiger partial charge in [0.15, 0.2) is 0 Å². The van der Waals surface area contributed by atoms with E-state index in [2.05, 4.69) is 17.1 Å². The molecule has 0 fully saturated rings. The minimum absolute atomic E-state index is 0.107. The van der Waals surface area contributed by atoms with Gasteiger partial charge in [-0.2, -0.15) is 5.10 Å². The van der Waals surface area contributed by atoms with E-state index in [0.29, 0.717) is 0 Å². The quantitative estimate of drug-likeness (QED) is 0.637. The van der Waals surface area contributed by atoms with Crippen LogP contribution in [0.25, 0.3) is 0 Å². The number of methoxy groups -OCH3 is 2. The lowest BCUT2D eigenvalue weighted by Gasteiger charge is -2.38. The largest absolute Gasteiger partial charge is 0.497 e. The highest BCUT2D eigenvalue weighted by atomic mass is 16.5. The van der Waals surface area contributed by atoms with Crippen LogP contribution in [-0.4, -0.2) is 24.9 Å². The Morgan fingerprint density at radius 3 is 2.52 bits per heavy atom. The zero-order chi connectivity index (χ0) is 19.8. The van der Waals surface area contributed by atoms with E-state index in [1.54, 1.807) is 14.2 Å².